The van der Waals surface area contributed by atoms with E-state index in [0.29, 0.717) is 11.3 Å². The van der Waals surface area contributed by atoms with Gasteiger partial charge in [-0.15, -0.1) is 11.7 Å². The number of aromatic nitrogens is 2. The zero-order valence-corrected chi connectivity index (χ0v) is 19.3. The fourth-order valence-electron chi connectivity index (χ4n) is 3.16. The average molecular weight is 495 g/mol. The molecule has 1 amide bonds. The molecule has 4 rings (SSSR count). The molecule has 3 aromatic carbocycles. The normalized spacial score (nSPS) is 11.1. The number of hydrogen-bond donors (Lipinski definition) is 1. The highest BCUT2D eigenvalue weighted by Crippen LogP contribution is 2.27. The Labute approximate surface area is 201 Å². The maximum absolute atomic E-state index is 13.4. The van der Waals surface area contributed by atoms with Crippen LogP contribution in [0.2, 0.25) is 5.02 Å². The summed E-state index contributed by atoms with van der Waals surface area (Å²) in [5.41, 5.74) is 1.08. The van der Waals surface area contributed by atoms with E-state index in [-0.39, 0.29) is 33.9 Å². The molecule has 0 unspecified atom stereocenters. The molecule has 172 valence electrons. The number of benzene rings is 3. The summed E-state index contributed by atoms with van der Waals surface area (Å²) in [6.45, 7) is 3.69. The van der Waals surface area contributed by atoms with Gasteiger partial charge in [0.2, 0.25) is 5.89 Å². The summed E-state index contributed by atoms with van der Waals surface area (Å²) in [5, 5.41) is 10.3. The largest absolute Gasteiger partial charge is 0.403 e. The van der Waals surface area contributed by atoms with Crippen molar-refractivity contribution >= 4 is 39.2 Å². The van der Waals surface area contributed by atoms with Gasteiger partial charge >= 0.3 is 6.01 Å². The predicted molar refractivity (Wildman–Crippen MR) is 130 cm³/mol. The molecule has 0 spiro atoms. The average Bonchev–Trinajstić information content (AvgIpc) is 3.32. The summed E-state index contributed by atoms with van der Waals surface area (Å²) in [5.74, 6) is -0.471. The van der Waals surface area contributed by atoms with Crippen molar-refractivity contribution in [2.45, 2.75) is 4.90 Å². The van der Waals surface area contributed by atoms with Crippen LogP contribution in [0.4, 0.5) is 11.7 Å². The number of hydrogen-bond acceptors (Lipinski definition) is 6. The van der Waals surface area contributed by atoms with Gasteiger partial charge in [-0.05, 0) is 42.5 Å². The molecule has 8 nitrogen and oxygen atoms in total. The Morgan fingerprint density at radius 3 is 2.38 bits per heavy atom. The van der Waals surface area contributed by atoms with Crippen molar-refractivity contribution in [3.8, 4) is 11.5 Å². The molecular weight excluding hydrogens is 476 g/mol. The molecule has 0 saturated carbocycles. The topological polar surface area (TPSA) is 105 Å². The lowest BCUT2D eigenvalue weighted by atomic mass is 10.2. The lowest BCUT2D eigenvalue weighted by Crippen LogP contribution is -2.31. The van der Waals surface area contributed by atoms with Crippen molar-refractivity contribution in [1.82, 2.24) is 10.2 Å². The first kappa shape index (κ1) is 23.2. The van der Waals surface area contributed by atoms with Crippen molar-refractivity contribution < 1.29 is 17.6 Å². The van der Waals surface area contributed by atoms with Crippen LogP contribution in [0.3, 0.4) is 0 Å². The zero-order valence-electron chi connectivity index (χ0n) is 17.8. The molecule has 1 N–H and O–H groups in total. The third-order valence-corrected chi connectivity index (χ3v) is 6.90. The van der Waals surface area contributed by atoms with Crippen LogP contribution < -0.4 is 9.62 Å². The number of amides is 1. The number of carbonyl (C=O) groups excluding carboxylic acids is 1. The summed E-state index contributed by atoms with van der Waals surface area (Å²) >= 11 is 6.21. The molecule has 10 heteroatoms. The van der Waals surface area contributed by atoms with Gasteiger partial charge in [-0.3, -0.25) is 14.4 Å². The second-order valence-corrected chi connectivity index (χ2v) is 9.30. The first-order chi connectivity index (χ1) is 16.4. The Morgan fingerprint density at radius 2 is 1.71 bits per heavy atom. The minimum absolute atomic E-state index is 0.0424. The molecule has 0 radical (unpaired) electrons. The molecule has 0 fully saturated rings. The van der Waals surface area contributed by atoms with E-state index in [1.54, 1.807) is 42.5 Å². The monoisotopic (exact) mass is 494 g/mol. The number of nitrogens with zero attached hydrogens (tertiary/aromatic N) is 3. The third kappa shape index (κ3) is 4.85. The van der Waals surface area contributed by atoms with Gasteiger partial charge in [0.15, 0.2) is 0 Å². The van der Waals surface area contributed by atoms with E-state index in [1.165, 1.54) is 28.6 Å². The highest BCUT2D eigenvalue weighted by molar-refractivity contribution is 7.92. The van der Waals surface area contributed by atoms with Gasteiger partial charge in [-0.2, -0.15) is 0 Å². The number of sulfonamides is 1. The number of anilines is 2. The van der Waals surface area contributed by atoms with Crippen LogP contribution in [0, 0.1) is 0 Å². The second-order valence-electron chi connectivity index (χ2n) is 7.03. The van der Waals surface area contributed by atoms with E-state index < -0.39 is 15.9 Å². The highest BCUT2D eigenvalue weighted by atomic mass is 35.5. The molecule has 34 heavy (non-hydrogen) atoms. The van der Waals surface area contributed by atoms with Crippen LogP contribution in [0.5, 0.6) is 0 Å². The molecule has 0 aliphatic heterocycles. The van der Waals surface area contributed by atoms with Crippen LogP contribution in [-0.4, -0.2) is 31.1 Å². The number of carbonyl (C=O) groups is 1. The van der Waals surface area contributed by atoms with Crippen LogP contribution in [0.1, 0.15) is 10.4 Å². The van der Waals surface area contributed by atoms with Gasteiger partial charge in [0.25, 0.3) is 15.9 Å². The molecule has 0 aliphatic carbocycles. The Bertz CT molecular complexity index is 1420. The van der Waals surface area contributed by atoms with Gasteiger partial charge in [0.1, 0.15) is 0 Å². The minimum atomic E-state index is -4.02. The van der Waals surface area contributed by atoms with Gasteiger partial charge < -0.3 is 4.42 Å². The van der Waals surface area contributed by atoms with Gasteiger partial charge in [-0.1, -0.05) is 59.2 Å². The SMILES string of the molecule is C=CCN(c1ccccc1)S(=O)(=O)c1ccc(Cl)c(C(=O)Nc2nnc(-c3ccccc3)o2)c1. The predicted octanol–water partition coefficient (Wildman–Crippen LogP) is 5.02. The molecule has 4 aromatic rings. The summed E-state index contributed by atoms with van der Waals surface area (Å²) in [7, 11) is -4.02. The number of halogens is 1. The standard InChI is InChI=1S/C24H19ClN4O4S/c1-2-15-29(18-11-7-4-8-12-18)34(31,32)19-13-14-21(25)20(16-19)22(30)26-24-28-27-23(33-24)17-9-5-3-6-10-17/h2-14,16H,1,15H2,(H,26,28,30). The highest BCUT2D eigenvalue weighted by Gasteiger charge is 2.26. The summed E-state index contributed by atoms with van der Waals surface area (Å²) in [6, 6.07) is 21.4. The van der Waals surface area contributed by atoms with Crippen LogP contribution in [0.15, 0.2) is 101 Å². The van der Waals surface area contributed by atoms with Gasteiger partial charge in [-0.25, -0.2) is 8.42 Å². The first-order valence-electron chi connectivity index (χ1n) is 10.1. The zero-order chi connectivity index (χ0) is 24.1. The van der Waals surface area contributed by atoms with Crippen LogP contribution in [0.25, 0.3) is 11.5 Å². The lowest BCUT2D eigenvalue weighted by molar-refractivity contribution is 0.102. The molecule has 0 bridgehead atoms. The Kier molecular flexibility index (Phi) is 6.76. The van der Waals surface area contributed by atoms with Gasteiger partial charge in [0, 0.05) is 5.56 Å². The Balaban J connectivity index is 1.62. The maximum Gasteiger partial charge on any atom is 0.322 e. The number of rotatable bonds is 8. The maximum atomic E-state index is 13.4. The summed E-state index contributed by atoms with van der Waals surface area (Å²) in [6.07, 6.45) is 1.48. The number of para-hydroxylation sites is 1. The molecule has 0 aliphatic rings. The van der Waals surface area contributed by atoms with Crippen LogP contribution in [-0.2, 0) is 10.0 Å². The molecule has 0 saturated heterocycles. The van der Waals surface area contributed by atoms with E-state index in [9.17, 15) is 13.2 Å². The van der Waals surface area contributed by atoms with E-state index in [1.807, 2.05) is 18.2 Å². The van der Waals surface area contributed by atoms with Crippen molar-refractivity contribution in [2.75, 3.05) is 16.2 Å². The molecule has 0 atom stereocenters. The van der Waals surface area contributed by atoms with Crippen LogP contribution >= 0.6 is 11.6 Å². The van der Waals surface area contributed by atoms with Crippen molar-refractivity contribution in [2.24, 2.45) is 0 Å². The summed E-state index contributed by atoms with van der Waals surface area (Å²) in [4.78, 5) is 12.8. The Hall–Kier alpha value is -3.95. The fourth-order valence-corrected chi connectivity index (χ4v) is 4.82. The van der Waals surface area contributed by atoms with E-state index >= 15 is 0 Å². The molecule has 1 heterocycles. The number of nitrogens with one attached hydrogen (secondary N) is 1. The minimum Gasteiger partial charge on any atom is -0.403 e. The molecule has 1 aromatic heterocycles. The quantitative estimate of drug-likeness (QED) is 0.345. The Morgan fingerprint density at radius 1 is 1.03 bits per heavy atom. The second kappa shape index (κ2) is 9.90. The lowest BCUT2D eigenvalue weighted by Gasteiger charge is -2.23. The smallest absolute Gasteiger partial charge is 0.322 e. The summed E-state index contributed by atoms with van der Waals surface area (Å²) < 4.78 is 33.5. The van der Waals surface area contributed by atoms with Crippen molar-refractivity contribution in [3.05, 3.63) is 102 Å². The van der Waals surface area contributed by atoms with Crippen molar-refractivity contribution in [3.63, 3.8) is 0 Å². The first-order valence-corrected chi connectivity index (χ1v) is 11.9. The van der Waals surface area contributed by atoms with Crippen molar-refractivity contribution in [1.29, 1.82) is 0 Å². The third-order valence-electron chi connectivity index (χ3n) is 4.78. The van der Waals surface area contributed by atoms with Gasteiger partial charge in [0.05, 0.1) is 27.7 Å². The molecular formula is C24H19ClN4O4S. The van der Waals surface area contributed by atoms with E-state index in [0.717, 1.165) is 0 Å². The van der Waals surface area contributed by atoms with E-state index in [4.69, 9.17) is 16.0 Å². The fraction of sp³-hybridized carbons (Fsp3) is 0.0417. The van der Waals surface area contributed by atoms with E-state index in [2.05, 4.69) is 22.1 Å².